The quantitative estimate of drug-likeness (QED) is 0.831. The lowest BCUT2D eigenvalue weighted by Gasteiger charge is -2.18. The Labute approximate surface area is 115 Å². The lowest BCUT2D eigenvalue weighted by Crippen LogP contribution is -2.27. The van der Waals surface area contributed by atoms with E-state index >= 15 is 0 Å². The van der Waals surface area contributed by atoms with Crippen molar-refractivity contribution >= 4 is 15.5 Å². The second-order valence-corrected chi connectivity index (χ2v) is 7.16. The van der Waals surface area contributed by atoms with Crippen LogP contribution in [0.15, 0.2) is 18.3 Å². The van der Waals surface area contributed by atoms with Crippen molar-refractivity contribution in [2.75, 3.05) is 16.8 Å². The fourth-order valence-corrected chi connectivity index (χ4v) is 2.70. The van der Waals surface area contributed by atoms with Gasteiger partial charge < -0.3 is 10.1 Å². The van der Waals surface area contributed by atoms with Gasteiger partial charge in [0.1, 0.15) is 0 Å². The molecule has 0 bridgehead atoms. The van der Waals surface area contributed by atoms with Gasteiger partial charge in [-0.05, 0) is 32.9 Å². The van der Waals surface area contributed by atoms with E-state index < -0.39 is 9.84 Å². The van der Waals surface area contributed by atoms with Gasteiger partial charge in [0.15, 0.2) is 9.84 Å². The summed E-state index contributed by atoms with van der Waals surface area (Å²) in [6, 6.07) is 3.43. The van der Waals surface area contributed by atoms with Crippen molar-refractivity contribution < 1.29 is 13.2 Å². The number of aromatic nitrogens is 1. The largest absolute Gasteiger partial charge is 0.473 e. The smallest absolute Gasteiger partial charge is 0.237 e. The topological polar surface area (TPSA) is 68.3 Å². The Bertz CT molecular complexity index is 500. The fraction of sp³-hybridized carbons (Fsp3) is 0.615. The lowest BCUT2D eigenvalue weighted by atomic mass is 10.3. The van der Waals surface area contributed by atoms with Crippen LogP contribution < -0.4 is 10.1 Å². The van der Waals surface area contributed by atoms with E-state index in [0.29, 0.717) is 5.88 Å². The summed E-state index contributed by atoms with van der Waals surface area (Å²) in [7, 11) is -3.00. The molecule has 1 N–H and O–H groups in total. The van der Waals surface area contributed by atoms with Crippen molar-refractivity contribution in [3.05, 3.63) is 18.3 Å². The number of pyridine rings is 1. The second kappa shape index (κ2) is 6.75. The van der Waals surface area contributed by atoms with E-state index in [1.54, 1.807) is 19.2 Å². The van der Waals surface area contributed by atoms with Gasteiger partial charge >= 0.3 is 0 Å². The maximum atomic E-state index is 11.6. The third-order valence-electron chi connectivity index (χ3n) is 2.46. The van der Waals surface area contributed by atoms with Crippen molar-refractivity contribution in [1.29, 1.82) is 0 Å². The summed E-state index contributed by atoms with van der Waals surface area (Å²) in [5.41, 5.74) is 0.718. The highest BCUT2D eigenvalue weighted by Gasteiger charge is 2.15. The van der Waals surface area contributed by atoms with E-state index in [-0.39, 0.29) is 23.7 Å². The highest BCUT2D eigenvalue weighted by molar-refractivity contribution is 7.91. The standard InChI is InChI=1S/C13H22N2O3S/c1-5-19(16,17)9-11(4)15-12-7-6-8-14-13(12)18-10(2)3/h6-8,10-11,15H,5,9H2,1-4H3. The van der Waals surface area contributed by atoms with Gasteiger partial charge in [-0.3, -0.25) is 0 Å². The molecule has 0 radical (unpaired) electrons. The molecule has 108 valence electrons. The summed E-state index contributed by atoms with van der Waals surface area (Å²) >= 11 is 0. The molecule has 0 aliphatic carbocycles. The monoisotopic (exact) mass is 286 g/mol. The Hall–Kier alpha value is -1.30. The Morgan fingerprint density at radius 3 is 2.63 bits per heavy atom. The molecule has 0 aliphatic heterocycles. The summed E-state index contributed by atoms with van der Waals surface area (Å²) in [4.78, 5) is 4.15. The highest BCUT2D eigenvalue weighted by atomic mass is 32.2. The minimum absolute atomic E-state index is 0.0186. The van der Waals surface area contributed by atoms with Crippen LogP contribution in [0.2, 0.25) is 0 Å². The van der Waals surface area contributed by atoms with E-state index in [1.165, 1.54) is 0 Å². The van der Waals surface area contributed by atoms with Crippen LogP contribution >= 0.6 is 0 Å². The van der Waals surface area contributed by atoms with Crippen LogP contribution in [-0.4, -0.2) is 37.1 Å². The normalized spacial score (nSPS) is 13.3. The number of sulfone groups is 1. The van der Waals surface area contributed by atoms with E-state index in [2.05, 4.69) is 10.3 Å². The molecule has 0 fully saturated rings. The summed E-state index contributed by atoms with van der Waals surface area (Å²) in [5.74, 6) is 0.749. The van der Waals surface area contributed by atoms with Crippen molar-refractivity contribution in [3.63, 3.8) is 0 Å². The molecule has 1 aromatic rings. The minimum Gasteiger partial charge on any atom is -0.473 e. The van der Waals surface area contributed by atoms with Crippen molar-refractivity contribution in [3.8, 4) is 5.88 Å². The third-order valence-corrected chi connectivity index (χ3v) is 4.35. The van der Waals surface area contributed by atoms with Gasteiger partial charge in [-0.25, -0.2) is 13.4 Å². The Morgan fingerprint density at radius 2 is 2.05 bits per heavy atom. The molecular formula is C13H22N2O3S. The number of ether oxygens (including phenoxy) is 1. The molecule has 0 spiro atoms. The molecule has 1 rings (SSSR count). The molecule has 5 nitrogen and oxygen atoms in total. The molecule has 1 atom stereocenters. The van der Waals surface area contributed by atoms with Crippen molar-refractivity contribution in [1.82, 2.24) is 4.98 Å². The number of rotatable bonds is 7. The van der Waals surface area contributed by atoms with Gasteiger partial charge in [-0.1, -0.05) is 6.92 Å². The van der Waals surface area contributed by atoms with Gasteiger partial charge in [0.05, 0.1) is 17.5 Å². The average Bonchev–Trinajstić information content (AvgIpc) is 2.30. The third kappa shape index (κ3) is 5.46. The number of hydrogen-bond acceptors (Lipinski definition) is 5. The maximum Gasteiger partial charge on any atom is 0.237 e. The van der Waals surface area contributed by atoms with Crippen molar-refractivity contribution in [2.45, 2.75) is 39.8 Å². The molecule has 0 saturated heterocycles. The van der Waals surface area contributed by atoms with Crippen LogP contribution in [0.25, 0.3) is 0 Å². The van der Waals surface area contributed by atoms with Crippen LogP contribution in [0.5, 0.6) is 5.88 Å². The Kier molecular flexibility index (Phi) is 5.60. The van der Waals surface area contributed by atoms with Gasteiger partial charge in [-0.2, -0.15) is 0 Å². The number of anilines is 1. The molecule has 19 heavy (non-hydrogen) atoms. The molecule has 0 aromatic carbocycles. The van der Waals surface area contributed by atoms with Crippen LogP contribution in [-0.2, 0) is 9.84 Å². The zero-order chi connectivity index (χ0) is 14.5. The predicted octanol–water partition coefficient (Wildman–Crippen LogP) is 2.10. The maximum absolute atomic E-state index is 11.6. The molecular weight excluding hydrogens is 264 g/mol. The molecule has 6 heteroatoms. The molecule has 1 heterocycles. The fourth-order valence-electron chi connectivity index (χ4n) is 1.62. The first-order valence-corrected chi connectivity index (χ1v) is 8.25. The molecule has 1 aromatic heterocycles. The highest BCUT2D eigenvalue weighted by Crippen LogP contribution is 2.22. The Morgan fingerprint density at radius 1 is 1.37 bits per heavy atom. The van der Waals surface area contributed by atoms with E-state index in [1.807, 2.05) is 26.8 Å². The van der Waals surface area contributed by atoms with E-state index in [4.69, 9.17) is 4.74 Å². The van der Waals surface area contributed by atoms with E-state index in [0.717, 1.165) is 5.69 Å². The first-order valence-electron chi connectivity index (χ1n) is 6.42. The molecule has 0 amide bonds. The lowest BCUT2D eigenvalue weighted by molar-refractivity contribution is 0.234. The van der Waals surface area contributed by atoms with Crippen LogP contribution in [0.3, 0.4) is 0 Å². The van der Waals surface area contributed by atoms with Gasteiger partial charge in [0.2, 0.25) is 5.88 Å². The van der Waals surface area contributed by atoms with Crippen LogP contribution in [0.4, 0.5) is 5.69 Å². The van der Waals surface area contributed by atoms with Gasteiger partial charge in [0, 0.05) is 18.0 Å². The first kappa shape index (κ1) is 15.8. The van der Waals surface area contributed by atoms with Gasteiger partial charge in [0.25, 0.3) is 0 Å². The Balaban J connectivity index is 2.76. The average molecular weight is 286 g/mol. The zero-order valence-corrected chi connectivity index (χ0v) is 12.7. The van der Waals surface area contributed by atoms with E-state index in [9.17, 15) is 8.42 Å². The second-order valence-electron chi connectivity index (χ2n) is 4.77. The summed E-state index contributed by atoms with van der Waals surface area (Å²) in [6.07, 6.45) is 1.67. The number of hydrogen-bond donors (Lipinski definition) is 1. The molecule has 0 saturated carbocycles. The van der Waals surface area contributed by atoms with Crippen LogP contribution in [0.1, 0.15) is 27.7 Å². The SMILES string of the molecule is CCS(=O)(=O)CC(C)Nc1cccnc1OC(C)C. The predicted molar refractivity (Wildman–Crippen MR) is 77.4 cm³/mol. The molecule has 1 unspecified atom stereocenters. The summed E-state index contributed by atoms with van der Waals surface area (Å²) in [6.45, 7) is 7.33. The van der Waals surface area contributed by atoms with Gasteiger partial charge in [-0.15, -0.1) is 0 Å². The van der Waals surface area contributed by atoms with Crippen LogP contribution in [0, 0.1) is 0 Å². The summed E-state index contributed by atoms with van der Waals surface area (Å²) < 4.78 is 28.7. The van der Waals surface area contributed by atoms with Crippen molar-refractivity contribution in [2.24, 2.45) is 0 Å². The zero-order valence-electron chi connectivity index (χ0n) is 11.9. The number of nitrogens with zero attached hydrogens (tertiary/aromatic N) is 1. The summed E-state index contributed by atoms with van der Waals surface area (Å²) in [5, 5.41) is 3.14. The minimum atomic E-state index is -3.00. The number of nitrogens with one attached hydrogen (secondary N) is 1. The first-order chi connectivity index (χ1) is 8.84. The molecule has 0 aliphatic rings.